The van der Waals surface area contributed by atoms with Crippen molar-refractivity contribution in [2.75, 3.05) is 4.90 Å². The molecule has 3 aromatic rings. The maximum Gasteiger partial charge on any atom is 0.338 e. The Bertz CT molecular complexity index is 1390. The third-order valence-electron chi connectivity index (χ3n) is 8.75. The molecule has 2 atom stereocenters. The Morgan fingerprint density at radius 1 is 0.737 bits per heavy atom. The fraction of sp³-hybridized carbons (Fsp3) is 0.323. The van der Waals surface area contributed by atoms with E-state index in [0.29, 0.717) is 11.3 Å². The molecule has 4 aliphatic carbocycles. The summed E-state index contributed by atoms with van der Waals surface area (Å²) in [5.74, 6) is -2.27. The molecule has 2 amide bonds. The van der Waals surface area contributed by atoms with E-state index in [1.54, 1.807) is 24.3 Å². The Kier molecular flexibility index (Phi) is 5.51. The largest absolute Gasteiger partial charge is 0.459 e. The van der Waals surface area contributed by atoms with Crippen LogP contribution in [0.25, 0.3) is 0 Å². The van der Waals surface area contributed by atoms with Crippen LogP contribution in [0.4, 0.5) is 5.69 Å². The Morgan fingerprint density at radius 3 is 1.74 bits per heavy atom. The lowest BCUT2D eigenvalue weighted by atomic mass is 9.54. The molecule has 0 spiro atoms. The van der Waals surface area contributed by atoms with E-state index >= 15 is 0 Å². The monoisotopic (exact) mass is 633 g/mol. The molecular weight excluding hydrogens is 610 g/mol. The van der Waals surface area contributed by atoms with Crippen molar-refractivity contribution in [1.29, 1.82) is 0 Å². The summed E-state index contributed by atoms with van der Waals surface area (Å²) in [5, 5.41) is 0. The van der Waals surface area contributed by atoms with Crippen LogP contribution in [-0.2, 0) is 23.0 Å². The van der Waals surface area contributed by atoms with Gasteiger partial charge in [0.15, 0.2) is 0 Å². The zero-order valence-corrected chi connectivity index (χ0v) is 23.7. The second kappa shape index (κ2) is 8.62. The topological polar surface area (TPSA) is 63.7 Å². The second-order valence-electron chi connectivity index (χ2n) is 10.7. The Labute approximate surface area is 237 Å². The van der Waals surface area contributed by atoms with Gasteiger partial charge in [0.2, 0.25) is 11.8 Å². The first-order valence-corrected chi connectivity index (χ1v) is 14.7. The molecule has 5 aliphatic rings. The van der Waals surface area contributed by atoms with E-state index in [2.05, 4.69) is 31.9 Å². The standard InChI is InChI=1S/C31H25Br2NO4/c32-30-21-13-4-5-14-22(21)31(33,24-16-7-6-15-23(24)30)26-25(30)27(35)34(28(26)36)19-10-8-9-18(17-19)29(37)38-20-11-2-1-3-12-20/h4-10,13-17,20,25-26H,1-3,11-12H2/t25-,26-,30?,31?/m0/s1. The van der Waals surface area contributed by atoms with Gasteiger partial charge in [0, 0.05) is 0 Å². The van der Waals surface area contributed by atoms with Crippen LogP contribution in [-0.4, -0.2) is 23.9 Å². The second-order valence-corrected chi connectivity index (χ2v) is 13.2. The molecule has 1 heterocycles. The van der Waals surface area contributed by atoms with Crippen LogP contribution in [0.3, 0.4) is 0 Å². The molecule has 2 fully saturated rings. The van der Waals surface area contributed by atoms with E-state index in [9.17, 15) is 14.4 Å². The number of imide groups is 1. The smallest absolute Gasteiger partial charge is 0.338 e. The van der Waals surface area contributed by atoms with Crippen molar-refractivity contribution in [1.82, 2.24) is 0 Å². The van der Waals surface area contributed by atoms with Gasteiger partial charge in [-0.15, -0.1) is 0 Å². The molecule has 0 unspecified atom stereocenters. The number of halogens is 2. The number of ether oxygens (including phenoxy) is 1. The van der Waals surface area contributed by atoms with Gasteiger partial charge in [-0.25, -0.2) is 9.69 Å². The summed E-state index contributed by atoms with van der Waals surface area (Å²) >= 11 is 8.06. The average molecular weight is 635 g/mol. The minimum absolute atomic E-state index is 0.0769. The number of benzene rings is 3. The van der Waals surface area contributed by atoms with Crippen LogP contribution in [0.5, 0.6) is 0 Å². The summed E-state index contributed by atoms with van der Waals surface area (Å²) < 4.78 is 4.07. The van der Waals surface area contributed by atoms with Gasteiger partial charge >= 0.3 is 5.97 Å². The fourth-order valence-electron chi connectivity index (χ4n) is 7.10. The maximum atomic E-state index is 14.2. The summed E-state index contributed by atoms with van der Waals surface area (Å²) in [4.78, 5) is 42.7. The predicted molar refractivity (Wildman–Crippen MR) is 151 cm³/mol. The number of amides is 2. The number of esters is 1. The van der Waals surface area contributed by atoms with Crippen LogP contribution in [0, 0.1) is 11.8 Å². The molecule has 192 valence electrons. The van der Waals surface area contributed by atoms with Crippen molar-refractivity contribution in [2.45, 2.75) is 46.9 Å². The quantitative estimate of drug-likeness (QED) is 0.185. The Hall–Kier alpha value is -2.77. The number of nitrogens with zero attached hydrogens (tertiary/aromatic N) is 1. The number of rotatable bonds is 3. The maximum absolute atomic E-state index is 14.2. The molecule has 0 aromatic heterocycles. The highest BCUT2D eigenvalue weighted by Gasteiger charge is 2.72. The molecule has 0 N–H and O–H groups in total. The molecule has 1 aliphatic heterocycles. The zero-order chi connectivity index (χ0) is 26.2. The van der Waals surface area contributed by atoms with E-state index < -0.39 is 26.5 Å². The fourth-order valence-corrected chi connectivity index (χ4v) is 9.40. The van der Waals surface area contributed by atoms with E-state index in [-0.39, 0.29) is 17.9 Å². The molecule has 2 bridgehead atoms. The summed E-state index contributed by atoms with van der Waals surface area (Å²) in [6.07, 6.45) is 4.96. The van der Waals surface area contributed by atoms with Crippen molar-refractivity contribution in [3.8, 4) is 0 Å². The van der Waals surface area contributed by atoms with Gasteiger partial charge in [-0.2, -0.15) is 0 Å². The van der Waals surface area contributed by atoms with Gasteiger partial charge in [-0.3, -0.25) is 9.59 Å². The number of anilines is 1. The van der Waals surface area contributed by atoms with Crippen molar-refractivity contribution >= 4 is 55.3 Å². The number of carbonyl (C=O) groups excluding carboxylic acids is 3. The molecule has 7 heteroatoms. The van der Waals surface area contributed by atoms with Crippen LogP contribution in [0.1, 0.15) is 64.7 Å². The third kappa shape index (κ3) is 3.12. The van der Waals surface area contributed by atoms with Crippen LogP contribution in [0.2, 0.25) is 0 Å². The van der Waals surface area contributed by atoms with Gasteiger partial charge in [-0.1, -0.05) is 92.9 Å². The van der Waals surface area contributed by atoms with E-state index in [0.717, 1.165) is 47.9 Å². The highest BCUT2D eigenvalue weighted by molar-refractivity contribution is 9.10. The van der Waals surface area contributed by atoms with Gasteiger partial charge in [0.1, 0.15) is 6.10 Å². The van der Waals surface area contributed by atoms with Crippen LogP contribution in [0.15, 0.2) is 72.8 Å². The van der Waals surface area contributed by atoms with Crippen molar-refractivity contribution in [3.05, 3.63) is 101 Å². The highest BCUT2D eigenvalue weighted by Crippen LogP contribution is 2.70. The van der Waals surface area contributed by atoms with Gasteiger partial charge in [-0.05, 0) is 66.1 Å². The van der Waals surface area contributed by atoms with Gasteiger partial charge in [0.05, 0.1) is 31.7 Å². The van der Waals surface area contributed by atoms with E-state index in [1.807, 2.05) is 48.5 Å². The molecule has 0 radical (unpaired) electrons. The normalized spacial score (nSPS) is 29.6. The minimum atomic E-state index is -0.848. The number of hydrogen-bond donors (Lipinski definition) is 0. The molecular formula is C31H25Br2NO4. The third-order valence-corrected chi connectivity index (χ3v) is 11.4. The first kappa shape index (κ1) is 24.3. The lowest BCUT2D eigenvalue weighted by molar-refractivity contribution is -0.122. The number of hydrogen-bond acceptors (Lipinski definition) is 4. The van der Waals surface area contributed by atoms with Crippen LogP contribution < -0.4 is 4.90 Å². The molecule has 5 nitrogen and oxygen atoms in total. The first-order valence-electron chi connectivity index (χ1n) is 13.1. The Balaban J connectivity index is 1.31. The molecule has 1 saturated carbocycles. The minimum Gasteiger partial charge on any atom is -0.459 e. The molecule has 8 rings (SSSR count). The number of carbonyl (C=O) groups is 3. The van der Waals surface area contributed by atoms with Crippen molar-refractivity contribution in [3.63, 3.8) is 0 Å². The van der Waals surface area contributed by atoms with E-state index in [1.165, 1.54) is 11.3 Å². The molecule has 38 heavy (non-hydrogen) atoms. The summed E-state index contributed by atoms with van der Waals surface area (Å²) in [6.45, 7) is 0. The summed E-state index contributed by atoms with van der Waals surface area (Å²) in [5.41, 5.74) is 4.70. The average Bonchev–Trinajstić information content (AvgIpc) is 3.23. The SMILES string of the molecule is O=C(OC1CCCCC1)c1cccc(N2C(=O)[C@@H]3[C@@H](C2=O)C2(Br)c4ccccc4C3(Br)c3ccccc32)c1. The van der Waals surface area contributed by atoms with Crippen molar-refractivity contribution < 1.29 is 19.1 Å². The van der Waals surface area contributed by atoms with Gasteiger partial charge < -0.3 is 4.74 Å². The lowest BCUT2D eigenvalue weighted by Crippen LogP contribution is -2.56. The molecule has 3 aromatic carbocycles. The van der Waals surface area contributed by atoms with E-state index in [4.69, 9.17) is 4.74 Å². The zero-order valence-electron chi connectivity index (χ0n) is 20.5. The number of alkyl halides is 2. The predicted octanol–water partition coefficient (Wildman–Crippen LogP) is 6.59. The van der Waals surface area contributed by atoms with Crippen molar-refractivity contribution in [2.24, 2.45) is 11.8 Å². The van der Waals surface area contributed by atoms with Gasteiger partial charge in [0.25, 0.3) is 0 Å². The van der Waals surface area contributed by atoms with Crippen LogP contribution >= 0.6 is 31.9 Å². The highest BCUT2D eigenvalue weighted by atomic mass is 79.9. The lowest BCUT2D eigenvalue weighted by Gasteiger charge is -2.55. The Morgan fingerprint density at radius 2 is 1.24 bits per heavy atom. The summed E-state index contributed by atoms with van der Waals surface area (Å²) in [6, 6.07) is 22.7. The molecule has 1 saturated heterocycles. The first-order chi connectivity index (χ1) is 18.4. The summed E-state index contributed by atoms with van der Waals surface area (Å²) in [7, 11) is 0.